The van der Waals surface area contributed by atoms with E-state index in [-0.39, 0.29) is 5.75 Å². The smallest absolute Gasteiger partial charge is 0.379 e. The van der Waals surface area contributed by atoms with Crippen molar-refractivity contribution < 1.29 is 23.4 Å². The molecule has 1 aromatic rings. The van der Waals surface area contributed by atoms with E-state index in [1.165, 1.54) is 7.11 Å². The Hall–Kier alpha value is -1.65. The molecule has 0 aliphatic rings. The Kier molecular flexibility index (Phi) is 3.16. The van der Waals surface area contributed by atoms with Gasteiger partial charge in [0.1, 0.15) is 5.75 Å². The Bertz CT molecular complexity index is 427. The molecule has 0 bridgehead atoms. The van der Waals surface area contributed by atoms with Crippen LogP contribution >= 0.6 is 0 Å². The van der Waals surface area contributed by atoms with E-state index in [9.17, 15) is 13.6 Å². The lowest BCUT2D eigenvalue weighted by Crippen LogP contribution is -2.26. The van der Waals surface area contributed by atoms with Crippen molar-refractivity contribution in [2.75, 3.05) is 7.11 Å². The minimum atomic E-state index is -3.94. The minimum Gasteiger partial charge on any atom is -0.496 e. The van der Waals surface area contributed by atoms with E-state index in [0.29, 0.717) is 11.1 Å². The zero-order valence-electron chi connectivity index (χ0n) is 9.17. The van der Waals surface area contributed by atoms with Crippen molar-refractivity contribution in [3.8, 4) is 5.75 Å². The first-order valence-corrected chi connectivity index (χ1v) is 4.57. The normalized spacial score (nSPS) is 11.3. The molecule has 0 unspecified atom stereocenters. The lowest BCUT2D eigenvalue weighted by Gasteiger charge is -2.17. The van der Waals surface area contributed by atoms with Gasteiger partial charge in [0.05, 0.1) is 12.7 Å². The summed E-state index contributed by atoms with van der Waals surface area (Å²) < 4.78 is 31.6. The fraction of sp³-hybridized carbons (Fsp3) is 0.364. The number of aliphatic carboxylic acids is 1. The molecular weight excluding hydrogens is 218 g/mol. The third-order valence-corrected chi connectivity index (χ3v) is 2.23. The summed E-state index contributed by atoms with van der Waals surface area (Å²) in [4.78, 5) is 10.5. The number of carboxylic acid groups (broad SMARTS) is 1. The van der Waals surface area contributed by atoms with E-state index in [1.54, 1.807) is 19.9 Å². The molecule has 88 valence electrons. The SMILES string of the molecule is COc1c(C)cc(C)cc1C(F)(F)C(=O)O. The molecule has 0 fully saturated rings. The van der Waals surface area contributed by atoms with Gasteiger partial charge in [0.15, 0.2) is 0 Å². The van der Waals surface area contributed by atoms with Crippen LogP contribution < -0.4 is 4.74 Å². The number of benzene rings is 1. The predicted octanol–water partition coefficient (Wildman–Crippen LogP) is 2.49. The largest absolute Gasteiger partial charge is 0.496 e. The number of rotatable bonds is 3. The fourth-order valence-corrected chi connectivity index (χ4v) is 1.57. The molecule has 0 aliphatic carbocycles. The molecule has 0 spiro atoms. The van der Waals surface area contributed by atoms with E-state index in [0.717, 1.165) is 6.07 Å². The Morgan fingerprint density at radius 3 is 2.38 bits per heavy atom. The molecule has 0 amide bonds. The zero-order valence-corrected chi connectivity index (χ0v) is 9.17. The van der Waals surface area contributed by atoms with Crippen LogP contribution in [0.15, 0.2) is 12.1 Å². The highest BCUT2D eigenvalue weighted by Crippen LogP contribution is 2.37. The van der Waals surface area contributed by atoms with Crippen LogP contribution in [0.3, 0.4) is 0 Å². The van der Waals surface area contributed by atoms with Crippen molar-refractivity contribution in [1.29, 1.82) is 0 Å². The van der Waals surface area contributed by atoms with E-state index in [1.807, 2.05) is 0 Å². The number of hydrogen-bond donors (Lipinski definition) is 1. The Balaban J connectivity index is 3.48. The number of aryl methyl sites for hydroxylation is 2. The van der Waals surface area contributed by atoms with Gasteiger partial charge in [-0.2, -0.15) is 8.78 Å². The summed E-state index contributed by atoms with van der Waals surface area (Å²) in [6, 6.07) is 2.78. The molecule has 0 saturated carbocycles. The van der Waals surface area contributed by atoms with Crippen molar-refractivity contribution in [2.45, 2.75) is 19.8 Å². The first-order valence-electron chi connectivity index (χ1n) is 4.57. The molecule has 0 heterocycles. The van der Waals surface area contributed by atoms with Crippen LogP contribution in [0.1, 0.15) is 16.7 Å². The number of ether oxygens (including phenoxy) is 1. The molecule has 16 heavy (non-hydrogen) atoms. The van der Waals surface area contributed by atoms with Crippen LogP contribution in [-0.4, -0.2) is 18.2 Å². The minimum absolute atomic E-state index is 0.0852. The van der Waals surface area contributed by atoms with Gasteiger partial charge in [-0.25, -0.2) is 4.79 Å². The Morgan fingerprint density at radius 2 is 1.94 bits per heavy atom. The molecule has 1 N–H and O–H groups in total. The highest BCUT2D eigenvalue weighted by atomic mass is 19.3. The van der Waals surface area contributed by atoms with Gasteiger partial charge in [0, 0.05) is 0 Å². The molecule has 0 saturated heterocycles. The lowest BCUT2D eigenvalue weighted by molar-refractivity contribution is -0.166. The molecule has 3 nitrogen and oxygen atoms in total. The molecule has 1 rings (SSSR count). The second-order valence-electron chi connectivity index (χ2n) is 3.54. The van der Waals surface area contributed by atoms with Crippen molar-refractivity contribution in [3.63, 3.8) is 0 Å². The summed E-state index contributed by atoms with van der Waals surface area (Å²) in [5, 5.41) is 8.49. The summed E-state index contributed by atoms with van der Waals surface area (Å²) >= 11 is 0. The highest BCUT2D eigenvalue weighted by molar-refractivity contribution is 5.78. The average Bonchev–Trinajstić information content (AvgIpc) is 2.16. The maximum Gasteiger partial charge on any atom is 0.379 e. The first-order chi connectivity index (χ1) is 7.30. The van der Waals surface area contributed by atoms with Gasteiger partial charge in [0.2, 0.25) is 0 Å². The third-order valence-electron chi connectivity index (χ3n) is 2.23. The summed E-state index contributed by atoms with van der Waals surface area (Å²) in [7, 11) is 1.24. The van der Waals surface area contributed by atoms with E-state index >= 15 is 0 Å². The number of carbonyl (C=O) groups is 1. The van der Waals surface area contributed by atoms with Crippen molar-refractivity contribution in [1.82, 2.24) is 0 Å². The Labute approximate surface area is 91.7 Å². The van der Waals surface area contributed by atoms with Crippen LogP contribution in [0.4, 0.5) is 8.78 Å². The van der Waals surface area contributed by atoms with Gasteiger partial charge >= 0.3 is 11.9 Å². The number of halogens is 2. The zero-order chi connectivity index (χ0) is 12.5. The Morgan fingerprint density at radius 1 is 1.38 bits per heavy atom. The highest BCUT2D eigenvalue weighted by Gasteiger charge is 2.44. The van der Waals surface area contributed by atoms with Gasteiger partial charge in [-0.3, -0.25) is 0 Å². The summed E-state index contributed by atoms with van der Waals surface area (Å²) in [6.45, 7) is 3.21. The van der Waals surface area contributed by atoms with Crippen LogP contribution in [0.2, 0.25) is 0 Å². The second-order valence-corrected chi connectivity index (χ2v) is 3.54. The van der Waals surface area contributed by atoms with Crippen LogP contribution in [0, 0.1) is 13.8 Å². The molecule has 5 heteroatoms. The van der Waals surface area contributed by atoms with Gasteiger partial charge in [-0.1, -0.05) is 11.6 Å². The number of alkyl halides is 2. The molecular formula is C11H12F2O3. The van der Waals surface area contributed by atoms with Gasteiger partial charge in [-0.15, -0.1) is 0 Å². The summed E-state index contributed by atoms with van der Waals surface area (Å²) in [5.41, 5.74) is 0.438. The molecule has 0 aromatic heterocycles. The first kappa shape index (κ1) is 12.4. The summed E-state index contributed by atoms with van der Waals surface area (Å²) in [6.07, 6.45) is 0. The van der Waals surface area contributed by atoms with Crippen LogP contribution in [0.5, 0.6) is 5.75 Å². The summed E-state index contributed by atoms with van der Waals surface area (Å²) in [5.74, 6) is -6.21. The molecule has 0 atom stereocenters. The van der Waals surface area contributed by atoms with Crippen LogP contribution in [-0.2, 0) is 10.7 Å². The van der Waals surface area contributed by atoms with Crippen molar-refractivity contribution in [2.24, 2.45) is 0 Å². The number of carboxylic acids is 1. The predicted molar refractivity (Wildman–Crippen MR) is 54.0 cm³/mol. The quantitative estimate of drug-likeness (QED) is 0.867. The van der Waals surface area contributed by atoms with Gasteiger partial charge < -0.3 is 9.84 Å². The van der Waals surface area contributed by atoms with E-state index in [2.05, 4.69) is 0 Å². The standard InChI is InChI=1S/C11H12F2O3/c1-6-4-7(2)9(16-3)8(5-6)11(12,13)10(14)15/h4-5H,1-3H3,(H,14,15). The fourth-order valence-electron chi connectivity index (χ4n) is 1.57. The average molecular weight is 230 g/mol. The third kappa shape index (κ3) is 1.98. The lowest BCUT2D eigenvalue weighted by atomic mass is 10.0. The van der Waals surface area contributed by atoms with Crippen molar-refractivity contribution in [3.05, 3.63) is 28.8 Å². The molecule has 0 radical (unpaired) electrons. The number of hydrogen-bond acceptors (Lipinski definition) is 2. The topological polar surface area (TPSA) is 46.5 Å². The van der Waals surface area contributed by atoms with Gasteiger partial charge in [-0.05, 0) is 25.5 Å². The maximum absolute atomic E-state index is 13.4. The number of methoxy groups -OCH3 is 1. The van der Waals surface area contributed by atoms with Gasteiger partial charge in [0.25, 0.3) is 0 Å². The molecule has 1 aromatic carbocycles. The monoisotopic (exact) mass is 230 g/mol. The van der Waals surface area contributed by atoms with Crippen molar-refractivity contribution >= 4 is 5.97 Å². The van der Waals surface area contributed by atoms with E-state index in [4.69, 9.17) is 9.84 Å². The second kappa shape index (κ2) is 4.08. The molecule has 0 aliphatic heterocycles. The van der Waals surface area contributed by atoms with Crippen LogP contribution in [0.25, 0.3) is 0 Å². The maximum atomic E-state index is 13.4. The van der Waals surface area contributed by atoms with E-state index < -0.39 is 17.5 Å².